The highest BCUT2D eigenvalue weighted by Gasteiger charge is 2.24. The van der Waals surface area contributed by atoms with Gasteiger partial charge in [0.05, 0.1) is 25.5 Å². The molecule has 1 heterocycles. The summed E-state index contributed by atoms with van der Waals surface area (Å²) >= 11 is 1.18. The van der Waals surface area contributed by atoms with Crippen LogP contribution in [0.5, 0.6) is 11.5 Å². The van der Waals surface area contributed by atoms with Gasteiger partial charge in [-0.05, 0) is 54.0 Å². The van der Waals surface area contributed by atoms with Crippen LogP contribution in [0.25, 0.3) is 11.1 Å². The highest BCUT2D eigenvalue weighted by molar-refractivity contribution is 7.94. The van der Waals surface area contributed by atoms with E-state index in [1.54, 1.807) is 43.9 Å². The lowest BCUT2D eigenvalue weighted by molar-refractivity contribution is 0.356. The van der Waals surface area contributed by atoms with Gasteiger partial charge in [-0.3, -0.25) is 4.72 Å². The first-order valence-corrected chi connectivity index (χ1v) is 15.4. The summed E-state index contributed by atoms with van der Waals surface area (Å²) in [4.78, 5) is 0. The molecule has 8 heteroatoms. The number of sulfonamides is 1. The van der Waals surface area contributed by atoms with Crippen LogP contribution in [0.4, 0.5) is 5.69 Å². The molecule has 1 aromatic heterocycles. The third-order valence-electron chi connectivity index (χ3n) is 7.14. The van der Waals surface area contributed by atoms with Crippen molar-refractivity contribution < 1.29 is 17.9 Å². The predicted molar refractivity (Wildman–Crippen MR) is 152 cm³/mol. The number of thiophene rings is 1. The summed E-state index contributed by atoms with van der Waals surface area (Å²) in [6, 6.07) is 15.2. The Kier molecular flexibility index (Phi) is 9.51. The minimum atomic E-state index is -3.75. The Morgan fingerprint density at radius 2 is 1.73 bits per heavy atom. The summed E-state index contributed by atoms with van der Waals surface area (Å²) in [7, 11) is -0.585. The van der Waals surface area contributed by atoms with Gasteiger partial charge in [0.15, 0.2) is 11.5 Å². The second-order valence-electron chi connectivity index (χ2n) is 9.79. The quantitative estimate of drug-likeness (QED) is 0.253. The molecule has 0 radical (unpaired) electrons. The second kappa shape index (κ2) is 12.8. The molecule has 200 valence electrons. The SMILES string of the molecule is COc1ccc(NS(=O)(=O)c2cccs2)c(-c2ccccc2CN[C@@H](C)CC2CCCCCC2)c1OC. The van der Waals surface area contributed by atoms with Crippen LogP contribution >= 0.6 is 11.3 Å². The zero-order chi connectivity index (χ0) is 26.3. The van der Waals surface area contributed by atoms with Crippen LogP contribution in [0.15, 0.2) is 58.1 Å². The van der Waals surface area contributed by atoms with Crippen LogP contribution in [0, 0.1) is 5.92 Å². The summed E-state index contributed by atoms with van der Waals surface area (Å²) in [5.74, 6) is 1.82. The van der Waals surface area contributed by atoms with E-state index in [-0.39, 0.29) is 4.21 Å². The summed E-state index contributed by atoms with van der Waals surface area (Å²) in [5.41, 5.74) is 3.08. The molecule has 4 rings (SSSR count). The lowest BCUT2D eigenvalue weighted by Crippen LogP contribution is -2.28. The minimum Gasteiger partial charge on any atom is -0.493 e. The van der Waals surface area contributed by atoms with Gasteiger partial charge in [-0.2, -0.15) is 0 Å². The summed E-state index contributed by atoms with van der Waals surface area (Å²) in [6.45, 7) is 2.93. The number of rotatable bonds is 11. The largest absolute Gasteiger partial charge is 0.493 e. The molecule has 1 fully saturated rings. The van der Waals surface area contributed by atoms with Crippen molar-refractivity contribution in [3.8, 4) is 22.6 Å². The van der Waals surface area contributed by atoms with Crippen LogP contribution in [0.2, 0.25) is 0 Å². The van der Waals surface area contributed by atoms with E-state index >= 15 is 0 Å². The molecule has 0 amide bonds. The number of hydrogen-bond donors (Lipinski definition) is 2. The van der Waals surface area contributed by atoms with Crippen LogP contribution < -0.4 is 19.5 Å². The molecule has 0 unspecified atom stereocenters. The lowest BCUT2D eigenvalue weighted by atomic mass is 9.92. The van der Waals surface area contributed by atoms with Crippen molar-refractivity contribution >= 4 is 27.0 Å². The molecule has 0 spiro atoms. The molecule has 6 nitrogen and oxygen atoms in total. The van der Waals surface area contributed by atoms with Crippen molar-refractivity contribution in [3.05, 3.63) is 59.5 Å². The van der Waals surface area contributed by atoms with Crippen LogP contribution in [-0.4, -0.2) is 28.7 Å². The topological polar surface area (TPSA) is 76.7 Å². The summed E-state index contributed by atoms with van der Waals surface area (Å²) in [6.07, 6.45) is 9.27. The minimum absolute atomic E-state index is 0.260. The van der Waals surface area contributed by atoms with Gasteiger partial charge in [-0.15, -0.1) is 11.3 Å². The van der Waals surface area contributed by atoms with Crippen molar-refractivity contribution in [2.75, 3.05) is 18.9 Å². The molecule has 3 aromatic rings. The van der Waals surface area contributed by atoms with Crippen molar-refractivity contribution in [2.45, 2.75) is 68.7 Å². The van der Waals surface area contributed by atoms with Crippen LogP contribution in [0.3, 0.4) is 0 Å². The zero-order valence-electron chi connectivity index (χ0n) is 22.0. The average molecular weight is 543 g/mol. The van der Waals surface area contributed by atoms with Gasteiger partial charge in [-0.25, -0.2) is 8.42 Å². The van der Waals surface area contributed by atoms with E-state index in [1.165, 1.54) is 56.3 Å². The first kappa shape index (κ1) is 27.5. The molecule has 0 saturated heterocycles. The van der Waals surface area contributed by atoms with Gasteiger partial charge in [0.25, 0.3) is 10.0 Å². The molecular weight excluding hydrogens is 504 g/mol. The zero-order valence-corrected chi connectivity index (χ0v) is 23.6. The molecule has 1 aliphatic rings. The fraction of sp³-hybridized carbons (Fsp3) is 0.448. The van der Waals surface area contributed by atoms with Crippen LogP contribution in [-0.2, 0) is 16.6 Å². The lowest BCUT2D eigenvalue weighted by Gasteiger charge is -2.23. The predicted octanol–water partition coefficient (Wildman–Crippen LogP) is 7.07. The molecule has 1 saturated carbocycles. The Balaban J connectivity index is 1.64. The number of nitrogens with one attached hydrogen (secondary N) is 2. The molecule has 1 atom stereocenters. The van der Waals surface area contributed by atoms with Gasteiger partial charge in [0.1, 0.15) is 4.21 Å². The van der Waals surface area contributed by atoms with Crippen molar-refractivity contribution in [2.24, 2.45) is 5.92 Å². The van der Waals surface area contributed by atoms with Crippen molar-refractivity contribution in [1.29, 1.82) is 0 Å². The van der Waals surface area contributed by atoms with E-state index in [4.69, 9.17) is 9.47 Å². The van der Waals surface area contributed by atoms with Gasteiger partial charge in [0.2, 0.25) is 0 Å². The molecule has 2 aromatic carbocycles. The number of ether oxygens (including phenoxy) is 2. The highest BCUT2D eigenvalue weighted by atomic mass is 32.2. The van der Waals surface area contributed by atoms with E-state index in [2.05, 4.69) is 23.0 Å². The molecule has 1 aliphatic carbocycles. The molecule has 0 aliphatic heterocycles. The third kappa shape index (κ3) is 6.86. The van der Waals surface area contributed by atoms with Gasteiger partial charge in [0, 0.05) is 12.6 Å². The Labute approximate surface area is 225 Å². The first-order valence-electron chi connectivity index (χ1n) is 13.1. The van der Waals surface area contributed by atoms with E-state index in [9.17, 15) is 8.42 Å². The Bertz CT molecular complexity index is 1250. The number of methoxy groups -OCH3 is 2. The van der Waals surface area contributed by atoms with Crippen molar-refractivity contribution in [1.82, 2.24) is 5.32 Å². The fourth-order valence-corrected chi connectivity index (χ4v) is 7.34. The molecule has 37 heavy (non-hydrogen) atoms. The molecular formula is C29H38N2O4S2. The number of anilines is 1. The maximum atomic E-state index is 13.1. The summed E-state index contributed by atoms with van der Waals surface area (Å²) < 4.78 is 40.7. The van der Waals surface area contributed by atoms with E-state index < -0.39 is 10.0 Å². The van der Waals surface area contributed by atoms with Gasteiger partial charge >= 0.3 is 0 Å². The average Bonchev–Trinajstić information content (AvgIpc) is 3.34. The molecule has 0 bridgehead atoms. The summed E-state index contributed by atoms with van der Waals surface area (Å²) in [5, 5.41) is 5.48. The van der Waals surface area contributed by atoms with E-state index in [0.29, 0.717) is 35.3 Å². The Hall–Kier alpha value is -2.55. The van der Waals surface area contributed by atoms with Crippen LogP contribution in [0.1, 0.15) is 57.4 Å². The normalized spacial score (nSPS) is 15.6. The van der Waals surface area contributed by atoms with E-state index in [0.717, 1.165) is 17.0 Å². The first-order chi connectivity index (χ1) is 17.9. The highest BCUT2D eigenvalue weighted by Crippen LogP contribution is 2.45. The standard InChI is InChI=1S/C29H38N2O4S2/c1-21(19-22-11-6-4-5-7-12-22)30-20-23-13-8-9-14-24(23)28-25(16-17-26(34-2)29(28)35-3)31-37(32,33)27-15-10-18-36-27/h8-10,13-18,21-22,30-31H,4-7,11-12,19-20H2,1-3H3/t21-/m0/s1. The smallest absolute Gasteiger partial charge is 0.271 e. The van der Waals surface area contributed by atoms with Crippen molar-refractivity contribution in [3.63, 3.8) is 0 Å². The molecule has 2 N–H and O–H groups in total. The third-order valence-corrected chi connectivity index (χ3v) is 9.90. The fourth-order valence-electron chi connectivity index (χ4n) is 5.28. The maximum Gasteiger partial charge on any atom is 0.271 e. The monoisotopic (exact) mass is 542 g/mol. The Morgan fingerprint density at radius 1 is 0.973 bits per heavy atom. The van der Waals surface area contributed by atoms with Gasteiger partial charge in [-0.1, -0.05) is 68.9 Å². The number of benzene rings is 2. The number of hydrogen-bond acceptors (Lipinski definition) is 6. The second-order valence-corrected chi connectivity index (χ2v) is 12.7. The maximum absolute atomic E-state index is 13.1. The Morgan fingerprint density at radius 3 is 2.41 bits per heavy atom. The van der Waals surface area contributed by atoms with E-state index in [1.807, 2.05) is 18.2 Å². The van der Waals surface area contributed by atoms with Gasteiger partial charge < -0.3 is 14.8 Å².